The number of furan rings is 1. The maximum absolute atomic E-state index is 9.63. The Labute approximate surface area is 325 Å². The van der Waals surface area contributed by atoms with E-state index < -0.39 is 274 Å². The van der Waals surface area contributed by atoms with Gasteiger partial charge in [0, 0.05) is 10.8 Å². The molecule has 0 bridgehead atoms. The fraction of sp³-hybridized carbons (Fsp3) is 0. The fourth-order valence-corrected chi connectivity index (χ4v) is 5.92. The molecule has 0 amide bonds. The largest absolute Gasteiger partial charge is 0.456 e. The first kappa shape index (κ1) is 11.3. The fourth-order valence-electron chi connectivity index (χ4n) is 5.92. The molecule has 1 nitrogen and oxygen atoms in total. The lowest BCUT2D eigenvalue weighted by Gasteiger charge is -2.18. The van der Waals surface area contributed by atoms with Crippen LogP contribution in [0, 0.1) is 0 Å². The van der Waals surface area contributed by atoms with Crippen molar-refractivity contribution in [2.75, 3.05) is 0 Å². The number of rotatable bonds is 4. The molecule has 49 heavy (non-hydrogen) atoms. The van der Waals surface area contributed by atoms with E-state index in [1.807, 2.05) is 0 Å². The number of hydrogen-bond acceptors (Lipinski definition) is 1. The van der Waals surface area contributed by atoms with Gasteiger partial charge in [-0.3, -0.25) is 0 Å². The Bertz CT molecular complexity index is 4390. The van der Waals surface area contributed by atoms with Crippen molar-refractivity contribution < 1.29 is 44.2 Å². The smallest absolute Gasteiger partial charge is 0.136 e. The van der Waals surface area contributed by atoms with Gasteiger partial charge in [-0.15, -0.1) is 0 Å². The van der Waals surface area contributed by atoms with Gasteiger partial charge in [0.15, 0.2) is 0 Å². The van der Waals surface area contributed by atoms with Crippen molar-refractivity contribution in [1.29, 1.82) is 0 Å². The van der Waals surface area contributed by atoms with Crippen LogP contribution in [0.25, 0.3) is 98.8 Å². The van der Waals surface area contributed by atoms with Crippen molar-refractivity contribution >= 4 is 54.3 Å². The van der Waals surface area contributed by atoms with Crippen molar-refractivity contribution in [2.45, 2.75) is 0 Å². The van der Waals surface area contributed by atoms with E-state index in [1.54, 1.807) is 0 Å². The third-order valence-electron chi connectivity index (χ3n) is 7.98. The summed E-state index contributed by atoms with van der Waals surface area (Å²) in [5.41, 5.74) is -6.41. The zero-order valence-corrected chi connectivity index (χ0v) is 24.5. The SMILES string of the molecule is [2H]c1c([2H])c([2H])c(-c2c([2H])c([2H])c([2H])c3oc4cc(-c5c6c([2H])c([2H])c([2H])c([2H])c6c(-c6c([2H])c([2H])c(-c7c([2H])c([2H])c([2H])c8c([2H])c([2H])c([2H])c([2H])c78)c([2H])c6[2H])c6c([2H])c([2H])c([2H])c([2H])c56)c([2H])c([2H])c4c23)c([2H])c1[2H]. The number of hydrogen-bond donors (Lipinski definition) is 0. The van der Waals surface area contributed by atoms with Gasteiger partial charge in [-0.05, 0) is 95.0 Å². The highest BCUT2D eigenvalue weighted by Gasteiger charge is 2.19. The minimum absolute atomic E-state index is 0.402. The molecule has 0 radical (unpaired) electrons. The summed E-state index contributed by atoms with van der Waals surface area (Å²) in [5, 5.41) is -4.74. The van der Waals surface area contributed by atoms with Crippen LogP contribution in [-0.2, 0) is 0 Å². The quantitative estimate of drug-likeness (QED) is 0.173. The molecule has 0 aliphatic rings. The van der Waals surface area contributed by atoms with Crippen molar-refractivity contribution in [3.63, 3.8) is 0 Å². The number of fused-ring (bicyclic) bond motifs is 6. The summed E-state index contributed by atoms with van der Waals surface area (Å²) in [5.74, 6) is 0. The molecule has 0 fully saturated rings. The average molecular weight is 652 g/mol. The second-order valence-electron chi connectivity index (χ2n) is 10.6. The van der Waals surface area contributed by atoms with Crippen LogP contribution in [0.15, 0.2) is 186 Å². The van der Waals surface area contributed by atoms with Crippen LogP contribution < -0.4 is 0 Å². The molecule has 9 aromatic carbocycles. The summed E-state index contributed by atoms with van der Waals surface area (Å²) in [6.07, 6.45) is 0. The zero-order valence-electron chi connectivity index (χ0n) is 53.5. The van der Waals surface area contributed by atoms with Gasteiger partial charge in [-0.1, -0.05) is 163 Å². The van der Waals surface area contributed by atoms with E-state index in [4.69, 9.17) is 30.5 Å². The Morgan fingerprint density at radius 1 is 0.327 bits per heavy atom. The summed E-state index contributed by atoms with van der Waals surface area (Å²) >= 11 is 0. The third-order valence-corrected chi connectivity index (χ3v) is 7.98. The summed E-state index contributed by atoms with van der Waals surface area (Å²) in [6.45, 7) is 0. The Morgan fingerprint density at radius 2 is 0.837 bits per heavy atom. The Balaban J connectivity index is 1.41. The molecule has 0 spiro atoms. The van der Waals surface area contributed by atoms with E-state index in [-0.39, 0.29) is 0 Å². The molecule has 0 aliphatic carbocycles. The van der Waals surface area contributed by atoms with Crippen LogP contribution in [0.5, 0.6) is 0 Å². The molecular formula is C48H30O. The maximum Gasteiger partial charge on any atom is 0.136 e. The first-order chi connectivity index (χ1) is 36.4. The van der Waals surface area contributed by atoms with Gasteiger partial charge >= 0.3 is 0 Å². The zero-order chi connectivity index (χ0) is 57.5. The molecule has 0 unspecified atom stereocenters. The van der Waals surface area contributed by atoms with Crippen LogP contribution in [0.4, 0.5) is 0 Å². The van der Waals surface area contributed by atoms with E-state index in [0.29, 0.717) is 0 Å². The highest BCUT2D eigenvalue weighted by molar-refractivity contribution is 6.22. The minimum Gasteiger partial charge on any atom is -0.456 e. The van der Waals surface area contributed by atoms with Crippen LogP contribution >= 0.6 is 0 Å². The number of benzene rings is 9. The van der Waals surface area contributed by atoms with Gasteiger partial charge in [0.1, 0.15) is 11.2 Å². The summed E-state index contributed by atoms with van der Waals surface area (Å²) in [7, 11) is 0. The molecule has 1 aromatic heterocycles. The maximum atomic E-state index is 9.63. The predicted molar refractivity (Wildman–Crippen MR) is 208 cm³/mol. The van der Waals surface area contributed by atoms with Gasteiger partial charge in [-0.25, -0.2) is 0 Å². The highest BCUT2D eigenvalue weighted by Crippen LogP contribution is 2.45. The standard InChI is InChI=1S/C48H30O/c1-2-12-32(13-3-1)38-22-11-23-44-48(38)43-29-28-35(30-45(43)49-44)47-41-19-8-6-17-39(41)46(40-18-7-9-20-42(40)47)34-26-24-33(25-27-34)37-21-10-15-31-14-4-5-16-36(31)37/h1-30H/i1D,2D,3D,4D,5D,6D,7D,8D,9D,10D,11D,12D,13D,14D,15D,16D,17D,18D,19D,20D,21D,22D,23D,24D,25D,26D,27D,28D,29D. The van der Waals surface area contributed by atoms with E-state index in [1.165, 1.54) is 0 Å². The van der Waals surface area contributed by atoms with Crippen molar-refractivity contribution in [2.24, 2.45) is 0 Å². The molecule has 0 saturated heterocycles. The average Bonchev–Trinajstić information content (AvgIpc) is 3.97. The lowest BCUT2D eigenvalue weighted by molar-refractivity contribution is 0.669. The van der Waals surface area contributed by atoms with Crippen molar-refractivity contribution in [3.8, 4) is 44.5 Å². The summed E-state index contributed by atoms with van der Waals surface area (Å²) < 4.78 is 265. The second-order valence-corrected chi connectivity index (χ2v) is 10.6. The summed E-state index contributed by atoms with van der Waals surface area (Å²) in [4.78, 5) is 0. The molecule has 0 N–H and O–H groups in total. The molecule has 228 valence electrons. The van der Waals surface area contributed by atoms with Crippen LogP contribution in [0.3, 0.4) is 0 Å². The molecule has 10 rings (SSSR count). The normalized spacial score (nSPS) is 20.0. The molecule has 1 heterocycles. The lowest BCUT2D eigenvalue weighted by atomic mass is 9.85. The van der Waals surface area contributed by atoms with Gasteiger partial charge in [0.05, 0.1) is 39.8 Å². The second kappa shape index (κ2) is 11.1. The first-order valence-electron chi connectivity index (χ1n) is 29.0. The van der Waals surface area contributed by atoms with Gasteiger partial charge < -0.3 is 4.42 Å². The van der Waals surface area contributed by atoms with Crippen LogP contribution in [0.1, 0.15) is 39.8 Å². The molecule has 1 heteroatoms. The van der Waals surface area contributed by atoms with Gasteiger partial charge in [0.25, 0.3) is 0 Å². The molecular weight excluding hydrogens is 593 g/mol. The lowest BCUT2D eigenvalue weighted by Crippen LogP contribution is -1.91. The molecule has 0 aliphatic heterocycles. The van der Waals surface area contributed by atoms with Crippen molar-refractivity contribution in [3.05, 3.63) is 181 Å². The predicted octanol–water partition coefficient (Wildman–Crippen LogP) is 13.7. The molecule has 0 saturated carbocycles. The summed E-state index contributed by atoms with van der Waals surface area (Å²) in [6, 6.07) is -25.3. The van der Waals surface area contributed by atoms with Gasteiger partial charge in [0.2, 0.25) is 0 Å². The van der Waals surface area contributed by atoms with Gasteiger partial charge in [-0.2, -0.15) is 0 Å². The monoisotopic (exact) mass is 651 g/mol. The Hall–Kier alpha value is -6.44. The first-order valence-corrected chi connectivity index (χ1v) is 14.5. The van der Waals surface area contributed by atoms with Crippen LogP contribution in [0.2, 0.25) is 0 Å². The Morgan fingerprint density at radius 3 is 1.55 bits per heavy atom. The molecule has 10 aromatic rings. The van der Waals surface area contributed by atoms with E-state index in [0.717, 1.165) is 6.07 Å². The van der Waals surface area contributed by atoms with E-state index in [2.05, 4.69) is 0 Å². The topological polar surface area (TPSA) is 13.1 Å². The highest BCUT2D eigenvalue weighted by atomic mass is 16.3. The molecule has 0 atom stereocenters. The third kappa shape index (κ3) is 4.40. The van der Waals surface area contributed by atoms with Crippen LogP contribution in [-0.4, -0.2) is 0 Å². The van der Waals surface area contributed by atoms with E-state index >= 15 is 0 Å². The minimum atomic E-state index is -1.09. The Kier molecular flexibility index (Phi) is 2.56. The van der Waals surface area contributed by atoms with E-state index in [9.17, 15) is 13.7 Å². The van der Waals surface area contributed by atoms with Crippen molar-refractivity contribution in [1.82, 2.24) is 0 Å².